The Morgan fingerprint density at radius 3 is 3.00 bits per heavy atom. The van der Waals surface area contributed by atoms with E-state index in [1.54, 1.807) is 6.07 Å². The highest BCUT2D eigenvalue weighted by molar-refractivity contribution is 6.29. The molecule has 1 fully saturated rings. The van der Waals surface area contributed by atoms with Gasteiger partial charge >= 0.3 is 0 Å². The van der Waals surface area contributed by atoms with Crippen molar-refractivity contribution in [1.82, 2.24) is 10.2 Å². The molecule has 1 heterocycles. The normalized spacial score (nSPS) is 16.8. The van der Waals surface area contributed by atoms with Crippen molar-refractivity contribution < 1.29 is 0 Å². The van der Waals surface area contributed by atoms with E-state index in [9.17, 15) is 4.79 Å². The van der Waals surface area contributed by atoms with Crippen LogP contribution in [0.1, 0.15) is 24.3 Å². The maximum atomic E-state index is 11.1. The first kappa shape index (κ1) is 6.85. The predicted octanol–water partition coefficient (Wildman–Crippen LogP) is 1.30. The molecule has 4 heteroatoms. The molecule has 0 aliphatic heterocycles. The molecule has 1 aromatic heterocycles. The maximum absolute atomic E-state index is 11.1. The first-order valence-corrected chi connectivity index (χ1v) is 3.90. The molecule has 0 saturated heterocycles. The number of aromatic nitrogens is 2. The minimum atomic E-state index is -0.100. The van der Waals surface area contributed by atoms with Gasteiger partial charge in [0.25, 0.3) is 5.56 Å². The topological polar surface area (TPSA) is 45.8 Å². The fraction of sp³-hybridized carbons (Fsp3) is 0.429. The highest BCUT2D eigenvalue weighted by atomic mass is 35.5. The lowest BCUT2D eigenvalue weighted by molar-refractivity contribution is 0.934. The van der Waals surface area contributed by atoms with Crippen LogP contribution in [0.4, 0.5) is 0 Å². The third kappa shape index (κ3) is 1.28. The average molecular weight is 171 g/mol. The Bertz CT molecular complexity index is 329. The van der Waals surface area contributed by atoms with Gasteiger partial charge in [-0.3, -0.25) is 4.79 Å². The van der Waals surface area contributed by atoms with Crippen molar-refractivity contribution in [2.75, 3.05) is 0 Å². The Morgan fingerprint density at radius 2 is 2.36 bits per heavy atom. The van der Waals surface area contributed by atoms with Crippen LogP contribution in [0.15, 0.2) is 10.9 Å². The molecule has 1 N–H and O–H groups in total. The van der Waals surface area contributed by atoms with E-state index in [-0.39, 0.29) is 5.56 Å². The molecule has 0 aromatic carbocycles. The lowest BCUT2D eigenvalue weighted by atomic mass is 10.2. The zero-order valence-electron chi connectivity index (χ0n) is 5.80. The molecule has 2 rings (SSSR count). The number of rotatable bonds is 1. The SMILES string of the molecule is O=c1[nH]nc(Cl)cc1C1CC1. The van der Waals surface area contributed by atoms with Crippen molar-refractivity contribution in [3.63, 3.8) is 0 Å². The first-order chi connectivity index (χ1) is 5.27. The highest BCUT2D eigenvalue weighted by Gasteiger charge is 2.26. The second kappa shape index (κ2) is 2.34. The van der Waals surface area contributed by atoms with Crippen LogP contribution in [0, 0.1) is 0 Å². The Hall–Kier alpha value is -0.830. The molecule has 1 aliphatic rings. The van der Waals surface area contributed by atoms with Gasteiger partial charge in [0.2, 0.25) is 0 Å². The number of hydrogen-bond donors (Lipinski definition) is 1. The van der Waals surface area contributed by atoms with Crippen molar-refractivity contribution in [3.8, 4) is 0 Å². The van der Waals surface area contributed by atoms with Crippen LogP contribution in [0.25, 0.3) is 0 Å². The van der Waals surface area contributed by atoms with E-state index in [1.807, 2.05) is 0 Å². The summed E-state index contributed by atoms with van der Waals surface area (Å²) < 4.78 is 0. The predicted molar refractivity (Wildman–Crippen MR) is 41.8 cm³/mol. The van der Waals surface area contributed by atoms with Gasteiger partial charge in [-0.1, -0.05) is 11.6 Å². The van der Waals surface area contributed by atoms with Crippen LogP contribution >= 0.6 is 11.6 Å². The van der Waals surface area contributed by atoms with Crippen LogP contribution in [0.3, 0.4) is 0 Å². The monoisotopic (exact) mass is 170 g/mol. The lowest BCUT2D eigenvalue weighted by Gasteiger charge is -1.94. The minimum Gasteiger partial charge on any atom is -0.268 e. The fourth-order valence-electron chi connectivity index (χ4n) is 1.09. The van der Waals surface area contributed by atoms with Crippen LogP contribution in [0.5, 0.6) is 0 Å². The summed E-state index contributed by atoms with van der Waals surface area (Å²) in [7, 11) is 0. The summed E-state index contributed by atoms with van der Waals surface area (Å²) in [5.41, 5.74) is 0.682. The number of H-pyrrole nitrogens is 1. The lowest BCUT2D eigenvalue weighted by Crippen LogP contribution is -2.12. The van der Waals surface area contributed by atoms with E-state index in [0.29, 0.717) is 11.1 Å². The zero-order chi connectivity index (χ0) is 7.84. The molecule has 1 aromatic rings. The number of hydrogen-bond acceptors (Lipinski definition) is 2. The number of halogens is 1. The Balaban J connectivity index is 2.51. The molecular formula is C7H7ClN2O. The Labute approximate surface area is 68.4 Å². The maximum Gasteiger partial charge on any atom is 0.267 e. The largest absolute Gasteiger partial charge is 0.268 e. The van der Waals surface area contributed by atoms with Gasteiger partial charge in [-0.25, -0.2) is 5.10 Å². The van der Waals surface area contributed by atoms with Gasteiger partial charge in [-0.05, 0) is 24.8 Å². The van der Waals surface area contributed by atoms with Gasteiger partial charge < -0.3 is 0 Å². The first-order valence-electron chi connectivity index (χ1n) is 3.52. The summed E-state index contributed by atoms with van der Waals surface area (Å²) in [5.74, 6) is 0.430. The van der Waals surface area contributed by atoms with Gasteiger partial charge in [-0.15, -0.1) is 0 Å². The van der Waals surface area contributed by atoms with Crippen molar-refractivity contribution in [3.05, 3.63) is 27.1 Å². The van der Waals surface area contributed by atoms with Crippen molar-refractivity contribution in [1.29, 1.82) is 0 Å². The Kier molecular flexibility index (Phi) is 1.46. The fourth-order valence-corrected chi connectivity index (χ4v) is 1.25. The summed E-state index contributed by atoms with van der Waals surface area (Å²) in [6.45, 7) is 0. The van der Waals surface area contributed by atoms with Gasteiger partial charge in [0.05, 0.1) is 0 Å². The zero-order valence-corrected chi connectivity index (χ0v) is 6.56. The molecule has 0 spiro atoms. The van der Waals surface area contributed by atoms with Crippen molar-refractivity contribution in [2.24, 2.45) is 0 Å². The van der Waals surface area contributed by atoms with Gasteiger partial charge in [-0.2, -0.15) is 5.10 Å². The van der Waals surface area contributed by atoms with Gasteiger partial charge in [0, 0.05) is 5.56 Å². The summed E-state index contributed by atoms with van der Waals surface area (Å²) in [4.78, 5) is 11.1. The summed E-state index contributed by atoms with van der Waals surface area (Å²) in [6.07, 6.45) is 2.20. The smallest absolute Gasteiger partial charge is 0.267 e. The molecule has 0 amide bonds. The van der Waals surface area contributed by atoms with E-state index in [4.69, 9.17) is 11.6 Å². The molecule has 3 nitrogen and oxygen atoms in total. The molecule has 0 unspecified atom stereocenters. The summed E-state index contributed by atoms with van der Waals surface area (Å²) in [5, 5.41) is 6.30. The molecule has 1 aliphatic carbocycles. The molecule has 1 saturated carbocycles. The number of nitrogens with zero attached hydrogens (tertiary/aromatic N) is 1. The van der Waals surface area contributed by atoms with Crippen molar-refractivity contribution >= 4 is 11.6 Å². The second-order valence-electron chi connectivity index (χ2n) is 2.75. The van der Waals surface area contributed by atoms with E-state index < -0.39 is 0 Å². The molecule has 0 atom stereocenters. The number of aromatic amines is 1. The van der Waals surface area contributed by atoms with E-state index in [2.05, 4.69) is 10.2 Å². The van der Waals surface area contributed by atoms with Crippen LogP contribution in [-0.2, 0) is 0 Å². The van der Waals surface area contributed by atoms with E-state index in [0.717, 1.165) is 18.4 Å². The van der Waals surface area contributed by atoms with Crippen LogP contribution in [0.2, 0.25) is 5.15 Å². The molecular weight excluding hydrogens is 164 g/mol. The molecule has 0 radical (unpaired) electrons. The van der Waals surface area contributed by atoms with E-state index in [1.165, 1.54) is 0 Å². The van der Waals surface area contributed by atoms with Gasteiger partial charge in [0.1, 0.15) is 5.15 Å². The third-order valence-electron chi connectivity index (χ3n) is 1.82. The van der Waals surface area contributed by atoms with Crippen LogP contribution < -0.4 is 5.56 Å². The summed E-state index contributed by atoms with van der Waals surface area (Å²) in [6, 6.07) is 1.65. The summed E-state index contributed by atoms with van der Waals surface area (Å²) >= 11 is 5.61. The molecule has 11 heavy (non-hydrogen) atoms. The quantitative estimate of drug-likeness (QED) is 0.691. The van der Waals surface area contributed by atoms with E-state index >= 15 is 0 Å². The van der Waals surface area contributed by atoms with Crippen LogP contribution in [-0.4, -0.2) is 10.2 Å². The third-order valence-corrected chi connectivity index (χ3v) is 2.01. The molecule has 0 bridgehead atoms. The minimum absolute atomic E-state index is 0.100. The second-order valence-corrected chi connectivity index (χ2v) is 3.14. The molecule has 58 valence electrons. The number of nitrogens with one attached hydrogen (secondary N) is 1. The Morgan fingerprint density at radius 1 is 1.64 bits per heavy atom. The van der Waals surface area contributed by atoms with Gasteiger partial charge in [0.15, 0.2) is 0 Å². The van der Waals surface area contributed by atoms with Crippen molar-refractivity contribution in [2.45, 2.75) is 18.8 Å². The average Bonchev–Trinajstić information content (AvgIpc) is 2.76. The standard InChI is InChI=1S/C7H7ClN2O/c8-6-3-5(4-1-2-4)7(11)10-9-6/h3-4H,1-2H2,(H,10,11). The highest BCUT2D eigenvalue weighted by Crippen LogP contribution is 2.38.